The van der Waals surface area contributed by atoms with E-state index in [2.05, 4.69) is 21.2 Å². The molecule has 4 rings (SSSR count). The number of fused-ring (bicyclic) bond motifs is 3. The molecular weight excluding hydrogens is 338 g/mol. The SMILES string of the molecule is C#Cc1cccc(Nc2nc3cc(C(=O)O)c(C)cc3c3cnccc23)c1. The van der Waals surface area contributed by atoms with Gasteiger partial charge in [-0.3, -0.25) is 4.98 Å². The van der Waals surface area contributed by atoms with Gasteiger partial charge in [-0.05, 0) is 48.9 Å². The van der Waals surface area contributed by atoms with E-state index in [-0.39, 0.29) is 5.56 Å². The number of carbonyl (C=O) groups is 1. The number of aromatic carboxylic acids is 1. The molecule has 2 N–H and O–H groups in total. The molecule has 0 aliphatic rings. The fourth-order valence-electron chi connectivity index (χ4n) is 3.15. The zero-order chi connectivity index (χ0) is 19.0. The Kier molecular flexibility index (Phi) is 3.94. The Morgan fingerprint density at radius 3 is 2.78 bits per heavy atom. The minimum Gasteiger partial charge on any atom is -0.478 e. The van der Waals surface area contributed by atoms with E-state index in [1.165, 1.54) is 0 Å². The van der Waals surface area contributed by atoms with E-state index in [1.54, 1.807) is 25.4 Å². The Balaban J connectivity index is 1.97. The van der Waals surface area contributed by atoms with E-state index in [1.807, 2.05) is 36.4 Å². The van der Waals surface area contributed by atoms with E-state index in [9.17, 15) is 9.90 Å². The summed E-state index contributed by atoms with van der Waals surface area (Å²) in [4.78, 5) is 20.4. The summed E-state index contributed by atoms with van der Waals surface area (Å²) >= 11 is 0. The molecule has 0 spiro atoms. The molecule has 0 atom stereocenters. The maximum atomic E-state index is 11.5. The molecule has 0 fully saturated rings. The standard InChI is InChI=1S/C22H15N3O2/c1-3-14-5-4-6-15(10-14)24-21-16-7-8-23-12-19(16)18-9-13(2)17(22(26)27)11-20(18)25-21/h1,4-12H,2H3,(H,24,25)(H,26,27). The van der Waals surface area contributed by atoms with Crippen molar-refractivity contribution in [2.75, 3.05) is 5.32 Å². The first-order valence-corrected chi connectivity index (χ1v) is 8.32. The van der Waals surface area contributed by atoms with Crippen LogP contribution in [0.2, 0.25) is 0 Å². The summed E-state index contributed by atoms with van der Waals surface area (Å²) < 4.78 is 0. The van der Waals surface area contributed by atoms with Gasteiger partial charge in [0, 0.05) is 39.8 Å². The van der Waals surface area contributed by atoms with Crippen LogP contribution in [0.15, 0.2) is 54.9 Å². The van der Waals surface area contributed by atoms with Crippen LogP contribution in [0.25, 0.3) is 21.7 Å². The number of anilines is 2. The molecule has 0 saturated heterocycles. The lowest BCUT2D eigenvalue weighted by Gasteiger charge is -2.13. The maximum absolute atomic E-state index is 11.5. The third-order valence-corrected chi connectivity index (χ3v) is 4.46. The van der Waals surface area contributed by atoms with E-state index in [0.29, 0.717) is 16.9 Å². The number of pyridine rings is 2. The van der Waals surface area contributed by atoms with Crippen molar-refractivity contribution in [2.45, 2.75) is 6.92 Å². The van der Waals surface area contributed by atoms with Gasteiger partial charge >= 0.3 is 5.97 Å². The second kappa shape index (κ2) is 6.43. The van der Waals surface area contributed by atoms with Crippen molar-refractivity contribution in [1.29, 1.82) is 0 Å². The van der Waals surface area contributed by atoms with Crippen LogP contribution in [-0.2, 0) is 0 Å². The molecule has 2 aromatic heterocycles. The topological polar surface area (TPSA) is 75.1 Å². The minimum absolute atomic E-state index is 0.235. The van der Waals surface area contributed by atoms with E-state index < -0.39 is 5.97 Å². The second-order valence-electron chi connectivity index (χ2n) is 6.22. The van der Waals surface area contributed by atoms with Crippen LogP contribution in [0.1, 0.15) is 21.5 Å². The molecule has 0 aliphatic heterocycles. The molecule has 2 heterocycles. The van der Waals surface area contributed by atoms with E-state index >= 15 is 0 Å². The fourth-order valence-corrected chi connectivity index (χ4v) is 3.15. The lowest BCUT2D eigenvalue weighted by Crippen LogP contribution is -2.02. The normalized spacial score (nSPS) is 10.7. The highest BCUT2D eigenvalue weighted by molar-refractivity contribution is 6.11. The molecular formula is C22H15N3O2. The number of carboxylic acid groups (broad SMARTS) is 1. The van der Waals surface area contributed by atoms with Gasteiger partial charge in [-0.15, -0.1) is 6.42 Å². The molecule has 4 aromatic rings. The second-order valence-corrected chi connectivity index (χ2v) is 6.22. The Hall–Kier alpha value is -3.91. The number of benzene rings is 2. The Labute approximate surface area is 155 Å². The summed E-state index contributed by atoms with van der Waals surface area (Å²) in [6.07, 6.45) is 8.95. The molecule has 0 radical (unpaired) electrons. The number of aromatic nitrogens is 2. The van der Waals surface area contributed by atoms with Crippen molar-refractivity contribution in [3.05, 3.63) is 71.5 Å². The maximum Gasteiger partial charge on any atom is 0.336 e. The quantitative estimate of drug-likeness (QED) is 0.418. The average molecular weight is 353 g/mol. The largest absolute Gasteiger partial charge is 0.478 e. The number of nitrogens with zero attached hydrogens (tertiary/aromatic N) is 2. The average Bonchev–Trinajstić information content (AvgIpc) is 2.68. The molecule has 0 saturated carbocycles. The number of carboxylic acids is 1. The Bertz CT molecular complexity index is 1260. The fraction of sp³-hybridized carbons (Fsp3) is 0.0455. The predicted molar refractivity (Wildman–Crippen MR) is 106 cm³/mol. The van der Waals surface area contributed by atoms with Crippen LogP contribution >= 0.6 is 0 Å². The first kappa shape index (κ1) is 16.6. The van der Waals surface area contributed by atoms with Gasteiger partial charge in [0.1, 0.15) is 5.82 Å². The highest BCUT2D eigenvalue weighted by atomic mass is 16.4. The van der Waals surface area contributed by atoms with Crippen LogP contribution in [-0.4, -0.2) is 21.0 Å². The summed E-state index contributed by atoms with van der Waals surface area (Å²) in [5.41, 5.74) is 3.08. The summed E-state index contributed by atoms with van der Waals surface area (Å²) in [6.45, 7) is 1.78. The smallest absolute Gasteiger partial charge is 0.336 e. The Morgan fingerprint density at radius 2 is 2.00 bits per heavy atom. The first-order chi connectivity index (χ1) is 13.1. The van der Waals surface area contributed by atoms with Crippen LogP contribution in [0.4, 0.5) is 11.5 Å². The number of terminal acetylenes is 1. The Morgan fingerprint density at radius 1 is 1.15 bits per heavy atom. The van der Waals surface area contributed by atoms with Gasteiger partial charge in [-0.25, -0.2) is 9.78 Å². The van der Waals surface area contributed by atoms with Crippen molar-refractivity contribution in [1.82, 2.24) is 9.97 Å². The summed E-state index contributed by atoms with van der Waals surface area (Å²) in [5, 5.41) is 15.4. The molecule has 2 aromatic carbocycles. The summed E-state index contributed by atoms with van der Waals surface area (Å²) in [7, 11) is 0. The molecule has 27 heavy (non-hydrogen) atoms. The molecule has 0 aliphatic carbocycles. The van der Waals surface area contributed by atoms with Crippen molar-refractivity contribution in [2.24, 2.45) is 0 Å². The highest BCUT2D eigenvalue weighted by Gasteiger charge is 2.14. The van der Waals surface area contributed by atoms with Crippen molar-refractivity contribution >= 4 is 39.1 Å². The van der Waals surface area contributed by atoms with Crippen molar-refractivity contribution in [3.63, 3.8) is 0 Å². The van der Waals surface area contributed by atoms with Crippen LogP contribution in [0.5, 0.6) is 0 Å². The van der Waals surface area contributed by atoms with Crippen molar-refractivity contribution < 1.29 is 9.90 Å². The molecule has 0 amide bonds. The van der Waals surface area contributed by atoms with Crippen LogP contribution in [0, 0.1) is 19.3 Å². The first-order valence-electron chi connectivity index (χ1n) is 8.32. The van der Waals surface area contributed by atoms with Gasteiger partial charge < -0.3 is 10.4 Å². The van der Waals surface area contributed by atoms with Gasteiger partial charge in [-0.1, -0.05) is 12.0 Å². The summed E-state index contributed by atoms with van der Waals surface area (Å²) in [6, 6.07) is 12.8. The third kappa shape index (κ3) is 2.94. The zero-order valence-corrected chi connectivity index (χ0v) is 14.5. The third-order valence-electron chi connectivity index (χ3n) is 4.46. The number of hydrogen-bond acceptors (Lipinski definition) is 4. The van der Waals surface area contributed by atoms with Gasteiger partial charge in [-0.2, -0.15) is 0 Å². The monoisotopic (exact) mass is 353 g/mol. The lowest BCUT2D eigenvalue weighted by molar-refractivity contribution is 0.0696. The highest BCUT2D eigenvalue weighted by Crippen LogP contribution is 2.32. The molecule has 130 valence electrons. The van der Waals surface area contributed by atoms with Crippen LogP contribution in [0.3, 0.4) is 0 Å². The zero-order valence-electron chi connectivity index (χ0n) is 14.5. The van der Waals surface area contributed by atoms with Crippen LogP contribution < -0.4 is 5.32 Å². The molecule has 0 unspecified atom stereocenters. The summed E-state index contributed by atoms with van der Waals surface area (Å²) in [5.74, 6) is 2.26. The molecule has 5 heteroatoms. The number of aryl methyl sites for hydroxylation is 1. The lowest BCUT2D eigenvalue weighted by atomic mass is 10.0. The van der Waals surface area contributed by atoms with E-state index in [4.69, 9.17) is 6.42 Å². The number of hydrogen-bond donors (Lipinski definition) is 2. The number of nitrogens with one attached hydrogen (secondary N) is 1. The predicted octanol–water partition coefficient (Wildman–Crippen LogP) is 4.51. The van der Waals surface area contributed by atoms with E-state index in [0.717, 1.165) is 27.4 Å². The van der Waals surface area contributed by atoms with Gasteiger partial charge in [0.2, 0.25) is 0 Å². The van der Waals surface area contributed by atoms with Gasteiger partial charge in [0.05, 0.1) is 11.1 Å². The number of rotatable bonds is 3. The molecule has 5 nitrogen and oxygen atoms in total. The minimum atomic E-state index is -0.973. The van der Waals surface area contributed by atoms with Gasteiger partial charge in [0.15, 0.2) is 0 Å². The van der Waals surface area contributed by atoms with Crippen molar-refractivity contribution in [3.8, 4) is 12.3 Å². The van der Waals surface area contributed by atoms with Gasteiger partial charge in [0.25, 0.3) is 0 Å². The molecule has 0 bridgehead atoms.